The number of rotatable bonds is 4. The second-order valence-electron chi connectivity index (χ2n) is 6.87. The summed E-state index contributed by atoms with van der Waals surface area (Å²) >= 11 is 0. The van der Waals surface area contributed by atoms with Gasteiger partial charge in [-0.15, -0.1) is 0 Å². The standard InChI is InChI=1S/C18H24F3N2OP/c1-10(2)25-23(5)15-8-12(4)16(18(19,20)21)17(22-15)14-9-13(24)7-6-11(14)3/h8-11,25H,6-7H2,1-5H3. The van der Waals surface area contributed by atoms with Crippen molar-refractivity contribution in [1.82, 2.24) is 4.98 Å². The number of aromatic nitrogens is 1. The van der Waals surface area contributed by atoms with Crippen molar-refractivity contribution < 1.29 is 18.0 Å². The van der Waals surface area contributed by atoms with Crippen molar-refractivity contribution in [3.63, 3.8) is 0 Å². The smallest absolute Gasteiger partial charge is 0.341 e. The first-order valence-corrected chi connectivity index (χ1v) is 9.36. The number of carbonyl (C=O) groups is 1. The van der Waals surface area contributed by atoms with Crippen LogP contribution < -0.4 is 4.67 Å². The summed E-state index contributed by atoms with van der Waals surface area (Å²) in [6.45, 7) is 7.41. The third-order valence-electron chi connectivity index (χ3n) is 4.23. The fourth-order valence-corrected chi connectivity index (χ4v) is 4.07. The summed E-state index contributed by atoms with van der Waals surface area (Å²) in [5, 5.41) is 0. The Labute approximate surface area is 148 Å². The first-order valence-electron chi connectivity index (χ1n) is 8.34. The maximum absolute atomic E-state index is 13.7. The van der Waals surface area contributed by atoms with Crippen LogP contribution in [0.3, 0.4) is 0 Å². The van der Waals surface area contributed by atoms with Crippen LogP contribution in [0.2, 0.25) is 0 Å². The van der Waals surface area contributed by atoms with Gasteiger partial charge in [-0.2, -0.15) is 13.2 Å². The molecule has 1 aromatic heterocycles. The van der Waals surface area contributed by atoms with E-state index in [2.05, 4.69) is 18.8 Å². The lowest BCUT2D eigenvalue weighted by Gasteiger charge is -2.27. The molecule has 1 aliphatic rings. The average molecular weight is 372 g/mol. The molecule has 2 atom stereocenters. The zero-order valence-electron chi connectivity index (χ0n) is 15.2. The Morgan fingerprint density at radius 3 is 2.56 bits per heavy atom. The Morgan fingerprint density at radius 2 is 2.00 bits per heavy atom. The molecule has 2 rings (SSSR count). The van der Waals surface area contributed by atoms with Gasteiger partial charge >= 0.3 is 6.18 Å². The van der Waals surface area contributed by atoms with Crippen molar-refractivity contribution in [3.05, 3.63) is 29.0 Å². The number of anilines is 1. The quantitative estimate of drug-likeness (QED) is 0.679. The number of hydrogen-bond acceptors (Lipinski definition) is 3. The van der Waals surface area contributed by atoms with Crippen molar-refractivity contribution >= 4 is 25.9 Å². The number of allylic oxidation sites excluding steroid dienone is 2. The van der Waals surface area contributed by atoms with Gasteiger partial charge in [-0.05, 0) is 56.9 Å². The van der Waals surface area contributed by atoms with E-state index in [1.807, 2.05) is 18.6 Å². The van der Waals surface area contributed by atoms with E-state index in [0.717, 1.165) is 0 Å². The number of ketones is 1. The van der Waals surface area contributed by atoms with Crippen molar-refractivity contribution in [2.24, 2.45) is 5.92 Å². The molecule has 0 amide bonds. The van der Waals surface area contributed by atoms with Crippen LogP contribution in [0.5, 0.6) is 0 Å². The molecule has 2 unspecified atom stereocenters. The summed E-state index contributed by atoms with van der Waals surface area (Å²) in [7, 11) is 2.25. The number of carbonyl (C=O) groups excluding carboxylic acids is 1. The van der Waals surface area contributed by atoms with Crippen LogP contribution in [-0.2, 0) is 11.0 Å². The van der Waals surface area contributed by atoms with Gasteiger partial charge in [-0.1, -0.05) is 20.8 Å². The van der Waals surface area contributed by atoms with Crippen molar-refractivity contribution in [2.75, 3.05) is 11.7 Å². The molecular weight excluding hydrogens is 348 g/mol. The lowest BCUT2D eigenvalue weighted by atomic mass is 9.84. The summed E-state index contributed by atoms with van der Waals surface area (Å²) in [6.07, 6.45) is -2.24. The third-order valence-corrected chi connectivity index (χ3v) is 5.36. The van der Waals surface area contributed by atoms with E-state index in [9.17, 15) is 18.0 Å². The molecule has 0 aliphatic heterocycles. The van der Waals surface area contributed by atoms with Crippen molar-refractivity contribution in [2.45, 2.75) is 52.4 Å². The van der Waals surface area contributed by atoms with E-state index >= 15 is 0 Å². The van der Waals surface area contributed by atoms with E-state index < -0.39 is 11.7 Å². The Balaban J connectivity index is 2.65. The van der Waals surface area contributed by atoms with Crippen LogP contribution in [-0.4, -0.2) is 23.5 Å². The first-order chi connectivity index (χ1) is 11.5. The van der Waals surface area contributed by atoms with Gasteiger partial charge in [0.15, 0.2) is 5.78 Å². The van der Waals surface area contributed by atoms with Gasteiger partial charge in [0.05, 0.1) is 11.3 Å². The predicted molar refractivity (Wildman–Crippen MR) is 97.2 cm³/mol. The number of pyridine rings is 1. The fraction of sp³-hybridized carbons (Fsp3) is 0.556. The molecule has 7 heteroatoms. The van der Waals surface area contributed by atoms with Gasteiger partial charge in [0.2, 0.25) is 0 Å². The summed E-state index contributed by atoms with van der Waals surface area (Å²) in [5.41, 5.74) is 0.0925. The molecule has 0 saturated carbocycles. The molecule has 0 spiro atoms. The van der Waals surface area contributed by atoms with E-state index in [1.165, 1.54) is 19.1 Å². The Hall–Kier alpha value is -1.42. The van der Waals surface area contributed by atoms with Crippen LogP contribution in [0.1, 0.15) is 50.4 Å². The highest BCUT2D eigenvalue weighted by molar-refractivity contribution is 7.40. The minimum absolute atomic E-state index is 0.0940. The highest BCUT2D eigenvalue weighted by Crippen LogP contribution is 2.42. The average Bonchev–Trinajstić information content (AvgIpc) is 2.46. The molecule has 0 radical (unpaired) electrons. The Bertz CT molecular complexity index is 698. The van der Waals surface area contributed by atoms with Gasteiger partial charge in [0, 0.05) is 13.5 Å². The second kappa shape index (κ2) is 7.45. The van der Waals surface area contributed by atoms with Crippen LogP contribution in [0.4, 0.5) is 19.0 Å². The van der Waals surface area contributed by atoms with Crippen molar-refractivity contribution in [3.8, 4) is 0 Å². The van der Waals surface area contributed by atoms with Crippen molar-refractivity contribution in [1.29, 1.82) is 0 Å². The number of halogens is 3. The van der Waals surface area contributed by atoms with Crippen LogP contribution in [0.15, 0.2) is 12.1 Å². The third kappa shape index (κ3) is 4.60. The molecule has 0 aromatic carbocycles. The van der Waals surface area contributed by atoms with E-state index in [-0.39, 0.29) is 23.0 Å². The second-order valence-corrected chi connectivity index (χ2v) is 8.95. The lowest BCUT2D eigenvalue weighted by molar-refractivity contribution is -0.138. The number of hydrogen-bond donors (Lipinski definition) is 0. The molecule has 25 heavy (non-hydrogen) atoms. The maximum Gasteiger partial charge on any atom is 0.418 e. The molecule has 0 fully saturated rings. The number of nitrogens with zero attached hydrogens (tertiary/aromatic N) is 2. The van der Waals surface area contributed by atoms with Gasteiger partial charge in [-0.3, -0.25) is 4.79 Å². The molecule has 0 N–H and O–H groups in total. The molecular formula is C18H24F3N2OP. The minimum Gasteiger partial charge on any atom is -0.341 e. The molecule has 138 valence electrons. The minimum atomic E-state index is -4.51. The fourth-order valence-electron chi connectivity index (χ4n) is 3.05. The summed E-state index contributed by atoms with van der Waals surface area (Å²) in [6, 6.07) is 1.48. The first kappa shape index (κ1) is 19.9. The zero-order chi connectivity index (χ0) is 18.9. The zero-order valence-corrected chi connectivity index (χ0v) is 16.2. The SMILES string of the molecule is Cc1cc(N(C)PC(C)C)nc(C2=CC(=O)CCC2C)c1C(F)(F)F. The maximum atomic E-state index is 13.7. The normalized spacial score (nSPS) is 19.0. The van der Waals surface area contributed by atoms with E-state index in [1.54, 1.807) is 0 Å². The summed E-state index contributed by atoms with van der Waals surface area (Å²) in [4.78, 5) is 16.2. The molecule has 1 aliphatic carbocycles. The molecule has 0 saturated heterocycles. The van der Waals surface area contributed by atoms with E-state index in [4.69, 9.17) is 0 Å². The predicted octanol–water partition coefficient (Wildman–Crippen LogP) is 5.23. The monoisotopic (exact) mass is 372 g/mol. The van der Waals surface area contributed by atoms with Gasteiger partial charge in [-0.25, -0.2) is 4.98 Å². The highest BCUT2D eigenvalue weighted by Gasteiger charge is 2.38. The van der Waals surface area contributed by atoms with E-state index in [0.29, 0.717) is 38.6 Å². The lowest BCUT2D eigenvalue weighted by Crippen LogP contribution is -2.20. The molecule has 1 heterocycles. The summed E-state index contributed by atoms with van der Waals surface area (Å²) < 4.78 is 42.9. The highest BCUT2D eigenvalue weighted by atomic mass is 31.1. The van der Waals surface area contributed by atoms with Gasteiger partial charge in [0.1, 0.15) is 5.82 Å². The van der Waals surface area contributed by atoms with Crippen LogP contribution in [0.25, 0.3) is 5.57 Å². The Kier molecular flexibility index (Phi) is 5.93. The van der Waals surface area contributed by atoms with Gasteiger partial charge in [0.25, 0.3) is 0 Å². The molecule has 0 bridgehead atoms. The van der Waals surface area contributed by atoms with Crippen LogP contribution >= 0.6 is 8.73 Å². The molecule has 1 aromatic rings. The largest absolute Gasteiger partial charge is 0.418 e. The number of alkyl halides is 3. The van der Waals surface area contributed by atoms with Gasteiger partial charge < -0.3 is 4.67 Å². The van der Waals surface area contributed by atoms with Crippen LogP contribution in [0, 0.1) is 12.8 Å². The summed E-state index contributed by atoms with van der Waals surface area (Å²) in [5.74, 6) is 0.251. The Morgan fingerprint density at radius 1 is 1.36 bits per heavy atom. The molecule has 3 nitrogen and oxygen atoms in total. The number of aryl methyl sites for hydroxylation is 1. The topological polar surface area (TPSA) is 33.2 Å².